The van der Waals surface area contributed by atoms with Crippen molar-refractivity contribution < 1.29 is 9.53 Å². The highest BCUT2D eigenvalue weighted by atomic mass is 16.5. The Kier molecular flexibility index (Phi) is 21.6. The van der Waals surface area contributed by atoms with E-state index in [1.54, 1.807) is 12.1 Å². The maximum Gasteiger partial charge on any atom is 0.302 e. The summed E-state index contributed by atoms with van der Waals surface area (Å²) in [5.41, 5.74) is 7.13. The normalized spacial score (nSPS) is 7.28. The summed E-state index contributed by atoms with van der Waals surface area (Å²) in [7, 11) is 0. The van der Waals surface area contributed by atoms with E-state index in [1.807, 2.05) is 53.7 Å². The van der Waals surface area contributed by atoms with Gasteiger partial charge in [-0.3, -0.25) is 4.79 Å². The third kappa shape index (κ3) is 14.5. The fraction of sp³-hybridized carbons (Fsp3) is 0.533. The predicted molar refractivity (Wildman–Crippen MR) is 80.4 cm³/mol. The van der Waals surface area contributed by atoms with Crippen molar-refractivity contribution >= 4 is 11.7 Å². The zero-order valence-corrected chi connectivity index (χ0v) is 12.9. The molecule has 1 aromatic rings. The standard InChI is InChI=1S/C9H11NO2.3C2H6/c1-7(11)12-6-8-2-4-9(10)5-3-8;3*1-2/h2-5H,6,10H2,1H3;3*1-2H3. The number of ether oxygens (including phenoxy) is 1. The molecule has 0 saturated carbocycles. The maximum absolute atomic E-state index is 10.4. The van der Waals surface area contributed by atoms with Crippen molar-refractivity contribution in [2.24, 2.45) is 0 Å². The lowest BCUT2D eigenvalue weighted by Crippen LogP contribution is -1.98. The number of carbonyl (C=O) groups excluding carboxylic acids is 1. The predicted octanol–water partition coefficient (Wildman–Crippen LogP) is 4.41. The molecular weight excluding hydrogens is 226 g/mol. The summed E-state index contributed by atoms with van der Waals surface area (Å²) in [6, 6.07) is 7.22. The summed E-state index contributed by atoms with van der Waals surface area (Å²) in [5, 5.41) is 0. The fourth-order valence-corrected chi connectivity index (χ4v) is 0.799. The Morgan fingerprint density at radius 1 is 1.00 bits per heavy atom. The third-order valence-corrected chi connectivity index (χ3v) is 1.42. The van der Waals surface area contributed by atoms with Gasteiger partial charge in [0.05, 0.1) is 0 Å². The van der Waals surface area contributed by atoms with Crippen molar-refractivity contribution in [3.63, 3.8) is 0 Å². The van der Waals surface area contributed by atoms with Gasteiger partial charge in [0.1, 0.15) is 6.61 Å². The van der Waals surface area contributed by atoms with Crippen LogP contribution in [0.4, 0.5) is 5.69 Å². The Morgan fingerprint density at radius 2 is 1.39 bits per heavy atom. The van der Waals surface area contributed by atoms with E-state index in [1.165, 1.54) is 6.92 Å². The van der Waals surface area contributed by atoms with Crippen LogP contribution in [-0.4, -0.2) is 5.97 Å². The Bertz CT molecular complexity index is 268. The molecule has 3 heteroatoms. The van der Waals surface area contributed by atoms with Gasteiger partial charge in [0.15, 0.2) is 0 Å². The fourth-order valence-electron chi connectivity index (χ4n) is 0.799. The highest BCUT2D eigenvalue weighted by Gasteiger charge is 1.94. The van der Waals surface area contributed by atoms with Crippen LogP contribution in [0.25, 0.3) is 0 Å². The molecule has 0 fully saturated rings. The highest BCUT2D eigenvalue weighted by Crippen LogP contribution is 2.06. The van der Waals surface area contributed by atoms with E-state index >= 15 is 0 Å². The lowest BCUT2D eigenvalue weighted by Gasteiger charge is -2.01. The van der Waals surface area contributed by atoms with E-state index in [2.05, 4.69) is 0 Å². The number of rotatable bonds is 2. The number of nitrogens with two attached hydrogens (primary N) is 1. The van der Waals surface area contributed by atoms with Gasteiger partial charge in [-0.15, -0.1) is 0 Å². The molecule has 0 heterocycles. The first kappa shape index (κ1) is 21.7. The minimum absolute atomic E-state index is 0.271. The molecule has 0 radical (unpaired) electrons. The third-order valence-electron chi connectivity index (χ3n) is 1.42. The molecule has 0 atom stereocenters. The summed E-state index contributed by atoms with van der Waals surface area (Å²) in [6.45, 7) is 13.7. The summed E-state index contributed by atoms with van der Waals surface area (Å²) in [6.07, 6.45) is 0. The van der Waals surface area contributed by atoms with Crippen molar-refractivity contribution in [2.45, 2.75) is 55.1 Å². The lowest BCUT2D eigenvalue weighted by molar-refractivity contribution is -0.142. The van der Waals surface area contributed by atoms with Gasteiger partial charge in [0, 0.05) is 12.6 Å². The number of benzene rings is 1. The first-order valence-corrected chi connectivity index (χ1v) is 6.66. The Balaban J connectivity index is -0.000000328. The summed E-state index contributed by atoms with van der Waals surface area (Å²) >= 11 is 0. The van der Waals surface area contributed by atoms with Crippen molar-refractivity contribution in [1.29, 1.82) is 0 Å². The highest BCUT2D eigenvalue weighted by molar-refractivity contribution is 5.65. The largest absolute Gasteiger partial charge is 0.461 e. The average Bonchev–Trinajstić information content (AvgIpc) is 2.45. The molecule has 0 bridgehead atoms. The second-order valence-corrected chi connectivity index (χ2v) is 2.52. The van der Waals surface area contributed by atoms with Crippen LogP contribution < -0.4 is 5.73 Å². The minimum atomic E-state index is -0.271. The molecule has 0 spiro atoms. The van der Waals surface area contributed by atoms with Crippen molar-refractivity contribution in [2.75, 3.05) is 5.73 Å². The van der Waals surface area contributed by atoms with E-state index < -0.39 is 0 Å². The van der Waals surface area contributed by atoms with Crippen LogP contribution in [-0.2, 0) is 16.1 Å². The topological polar surface area (TPSA) is 52.3 Å². The number of nitrogen functional groups attached to an aromatic ring is 1. The number of hydrogen-bond acceptors (Lipinski definition) is 3. The monoisotopic (exact) mass is 255 g/mol. The zero-order valence-electron chi connectivity index (χ0n) is 12.9. The maximum atomic E-state index is 10.4. The molecule has 106 valence electrons. The summed E-state index contributed by atoms with van der Waals surface area (Å²) in [5.74, 6) is -0.271. The summed E-state index contributed by atoms with van der Waals surface area (Å²) in [4.78, 5) is 10.4. The molecule has 1 rings (SSSR count). The minimum Gasteiger partial charge on any atom is -0.461 e. The van der Waals surface area contributed by atoms with E-state index in [0.717, 1.165) is 5.56 Å². The van der Waals surface area contributed by atoms with Gasteiger partial charge in [0.25, 0.3) is 0 Å². The quantitative estimate of drug-likeness (QED) is 0.629. The van der Waals surface area contributed by atoms with Gasteiger partial charge < -0.3 is 10.5 Å². The lowest BCUT2D eigenvalue weighted by atomic mass is 10.2. The Morgan fingerprint density at radius 3 is 1.72 bits per heavy atom. The van der Waals surface area contributed by atoms with E-state index in [9.17, 15) is 4.79 Å². The molecule has 0 unspecified atom stereocenters. The molecule has 2 N–H and O–H groups in total. The van der Waals surface area contributed by atoms with Crippen LogP contribution in [0, 0.1) is 0 Å². The second kappa shape index (κ2) is 17.9. The molecule has 0 aliphatic rings. The average molecular weight is 255 g/mol. The van der Waals surface area contributed by atoms with Crippen LogP contribution in [0.3, 0.4) is 0 Å². The number of hydrogen-bond donors (Lipinski definition) is 1. The van der Waals surface area contributed by atoms with Crippen LogP contribution in [0.2, 0.25) is 0 Å². The van der Waals surface area contributed by atoms with E-state index in [4.69, 9.17) is 10.5 Å². The zero-order chi connectivity index (χ0) is 15.0. The molecule has 18 heavy (non-hydrogen) atoms. The van der Waals surface area contributed by atoms with Crippen LogP contribution >= 0.6 is 0 Å². The van der Waals surface area contributed by atoms with Gasteiger partial charge in [-0.25, -0.2) is 0 Å². The van der Waals surface area contributed by atoms with Gasteiger partial charge in [-0.1, -0.05) is 53.7 Å². The Hall–Kier alpha value is -1.51. The molecule has 0 amide bonds. The molecule has 0 aliphatic carbocycles. The van der Waals surface area contributed by atoms with Crippen molar-refractivity contribution in [1.82, 2.24) is 0 Å². The first-order valence-electron chi connectivity index (χ1n) is 6.66. The second-order valence-electron chi connectivity index (χ2n) is 2.52. The van der Waals surface area contributed by atoms with Crippen LogP contribution in [0.5, 0.6) is 0 Å². The van der Waals surface area contributed by atoms with Gasteiger partial charge in [0.2, 0.25) is 0 Å². The van der Waals surface area contributed by atoms with Gasteiger partial charge in [-0.05, 0) is 17.7 Å². The molecule has 0 aromatic heterocycles. The van der Waals surface area contributed by atoms with Crippen molar-refractivity contribution in [3.8, 4) is 0 Å². The molecule has 0 saturated heterocycles. The molecule has 3 nitrogen and oxygen atoms in total. The van der Waals surface area contributed by atoms with Crippen LogP contribution in [0.1, 0.15) is 54.0 Å². The SMILES string of the molecule is CC.CC.CC.CC(=O)OCc1ccc(N)cc1. The molecule has 0 aliphatic heterocycles. The number of carbonyl (C=O) groups is 1. The van der Waals surface area contributed by atoms with E-state index in [-0.39, 0.29) is 5.97 Å². The van der Waals surface area contributed by atoms with E-state index in [0.29, 0.717) is 12.3 Å². The first-order chi connectivity index (χ1) is 8.68. The smallest absolute Gasteiger partial charge is 0.302 e. The van der Waals surface area contributed by atoms with Gasteiger partial charge in [-0.2, -0.15) is 0 Å². The van der Waals surface area contributed by atoms with Gasteiger partial charge >= 0.3 is 5.97 Å². The van der Waals surface area contributed by atoms with Crippen LogP contribution in [0.15, 0.2) is 24.3 Å². The number of esters is 1. The number of anilines is 1. The summed E-state index contributed by atoms with van der Waals surface area (Å²) < 4.78 is 4.79. The Labute approximate surface area is 112 Å². The molecular formula is C15H29NO2. The molecule has 1 aromatic carbocycles. The van der Waals surface area contributed by atoms with Crippen molar-refractivity contribution in [3.05, 3.63) is 29.8 Å².